The molecule has 3 saturated heterocycles. The summed E-state index contributed by atoms with van der Waals surface area (Å²) in [7, 11) is 0. The number of ether oxygens (including phenoxy) is 9. The highest BCUT2D eigenvalue weighted by molar-refractivity contribution is 9.10. The normalized spacial score (nSPS) is 38.6. The van der Waals surface area contributed by atoms with Gasteiger partial charge in [0.25, 0.3) is 0 Å². The molecular formula is C68H80Br6O29-6. The number of carboxylic acids is 6. The van der Waals surface area contributed by atoms with Gasteiger partial charge in [0.15, 0.2) is 0 Å². The largest absolute Gasteiger partial charge is 0.550 e. The average Bonchev–Trinajstić information content (AvgIpc) is 1.69. The molecule has 35 heteroatoms. The minimum absolute atomic E-state index is 0.0250. The summed E-state index contributed by atoms with van der Waals surface area (Å²) in [5, 5.41) is 66.1. The molecule has 0 aromatic rings. The molecule has 574 valence electrons. The second kappa shape index (κ2) is 35.2. The molecule has 20 atom stereocenters. The number of esters is 8. The van der Waals surface area contributed by atoms with Crippen molar-refractivity contribution in [2.75, 3.05) is 38.6 Å². The third kappa shape index (κ3) is 19.5. The molecule has 29 nitrogen and oxygen atoms in total. The van der Waals surface area contributed by atoms with Crippen LogP contribution in [0.25, 0.3) is 0 Å². The predicted octanol–water partition coefficient (Wildman–Crippen LogP) is 0.353. The van der Waals surface area contributed by atoms with Crippen LogP contribution < -0.4 is 30.6 Å². The monoisotopic (exact) mass is 1830 g/mol. The van der Waals surface area contributed by atoms with Gasteiger partial charge in [-0.25, -0.2) is 0 Å². The molecule has 20 unspecified atom stereocenters. The molecule has 13 aliphatic carbocycles. The van der Waals surface area contributed by atoms with E-state index < -0.39 is 130 Å². The van der Waals surface area contributed by atoms with Crippen molar-refractivity contribution in [2.24, 2.45) is 87.8 Å². The molecule has 0 radical (unpaired) electrons. The molecule has 3 heterocycles. The maximum absolute atomic E-state index is 12.6. The molecule has 16 aliphatic rings. The number of hydrogen-bond acceptors (Lipinski definition) is 29. The molecule has 0 N–H and O–H groups in total. The topological polar surface area (TPSA) is 460 Å². The molecular weight excluding hydrogens is 1760 g/mol. The Morgan fingerprint density at radius 2 is 0.971 bits per heavy atom. The van der Waals surface area contributed by atoms with Crippen molar-refractivity contribution in [2.45, 2.75) is 202 Å². The second-order valence-corrected chi connectivity index (χ2v) is 33.4. The highest BCUT2D eigenvalue weighted by atomic mass is 79.9. The van der Waals surface area contributed by atoms with Crippen LogP contribution in [0.5, 0.6) is 0 Å². The Morgan fingerprint density at radius 1 is 0.456 bits per heavy atom. The van der Waals surface area contributed by atoms with Gasteiger partial charge in [0, 0.05) is 102 Å². The van der Waals surface area contributed by atoms with Crippen molar-refractivity contribution in [3.05, 3.63) is 0 Å². The van der Waals surface area contributed by atoms with Crippen LogP contribution in [0.2, 0.25) is 0 Å². The van der Waals surface area contributed by atoms with E-state index >= 15 is 0 Å². The molecule has 103 heavy (non-hydrogen) atoms. The Bertz CT molecular complexity index is 3150. The zero-order valence-corrected chi connectivity index (χ0v) is 65.4. The number of rotatable bonds is 21. The Balaban J connectivity index is 0.000000145. The lowest BCUT2D eigenvalue weighted by Crippen LogP contribution is -2.62. The minimum Gasteiger partial charge on any atom is -0.550 e. The third-order valence-electron chi connectivity index (χ3n) is 23.1. The van der Waals surface area contributed by atoms with Crippen LogP contribution in [0.15, 0.2) is 0 Å². The second-order valence-electron chi connectivity index (χ2n) is 30.1. The van der Waals surface area contributed by atoms with Crippen LogP contribution in [0, 0.1) is 87.8 Å². The Morgan fingerprint density at radius 3 is 1.46 bits per heavy atom. The van der Waals surface area contributed by atoms with E-state index in [0.29, 0.717) is 93.8 Å². The van der Waals surface area contributed by atoms with Crippen molar-refractivity contribution < 1.29 is 140 Å². The molecule has 0 amide bonds. The number of halogens is 6. The van der Waals surface area contributed by atoms with E-state index in [2.05, 4.69) is 95.6 Å². The smallest absolute Gasteiger partial charge is 0.317 e. The zero-order chi connectivity index (χ0) is 75.2. The van der Waals surface area contributed by atoms with Crippen molar-refractivity contribution in [1.29, 1.82) is 0 Å². The molecule has 3 aliphatic heterocycles. The summed E-state index contributed by atoms with van der Waals surface area (Å²) < 4.78 is 47.6. The molecule has 13 saturated carbocycles. The fourth-order valence-electron chi connectivity index (χ4n) is 20.4. The lowest BCUT2D eigenvalue weighted by atomic mass is 9.48. The summed E-state index contributed by atoms with van der Waals surface area (Å²) >= 11 is 18.2. The Labute approximate surface area is 642 Å². The Kier molecular flexibility index (Phi) is 28.2. The molecule has 16 rings (SSSR count). The van der Waals surface area contributed by atoms with Crippen molar-refractivity contribution in [3.8, 4) is 0 Å². The molecule has 14 bridgehead atoms. The third-order valence-corrected chi connectivity index (χ3v) is 25.9. The highest BCUT2D eigenvalue weighted by Gasteiger charge is 2.69. The lowest BCUT2D eigenvalue weighted by molar-refractivity contribution is -0.332. The van der Waals surface area contributed by atoms with E-state index in [-0.39, 0.29) is 111 Å². The lowest BCUT2D eigenvalue weighted by Gasteiger charge is -2.61. The van der Waals surface area contributed by atoms with Crippen LogP contribution >= 0.6 is 95.6 Å². The Hall–Kier alpha value is -4.58. The van der Waals surface area contributed by atoms with Gasteiger partial charge in [-0.3, -0.25) is 38.4 Å². The van der Waals surface area contributed by atoms with Crippen molar-refractivity contribution in [3.63, 3.8) is 0 Å². The molecule has 0 aromatic heterocycles. The number of hydrogen-bond donors (Lipinski definition) is 0. The van der Waals surface area contributed by atoms with Gasteiger partial charge in [0.2, 0.25) is 0 Å². The first-order valence-corrected chi connectivity index (χ1v) is 41.3. The van der Waals surface area contributed by atoms with E-state index in [1.807, 2.05) is 0 Å². The van der Waals surface area contributed by atoms with Crippen LogP contribution in [-0.2, 0) is 110 Å². The van der Waals surface area contributed by atoms with E-state index in [1.54, 1.807) is 0 Å². The molecule has 0 aromatic carbocycles. The summed E-state index contributed by atoms with van der Waals surface area (Å²) in [6, 6.07) is 0. The van der Waals surface area contributed by atoms with Crippen LogP contribution in [0.1, 0.15) is 148 Å². The van der Waals surface area contributed by atoms with Gasteiger partial charge in [-0.05, 0) is 158 Å². The van der Waals surface area contributed by atoms with Gasteiger partial charge in [0.05, 0.1) is 24.0 Å². The van der Waals surface area contributed by atoms with Gasteiger partial charge >= 0.3 is 47.8 Å². The summed E-state index contributed by atoms with van der Waals surface area (Å²) in [6.45, 7) is -0.160. The van der Waals surface area contributed by atoms with E-state index in [4.69, 9.17) is 42.6 Å². The average molecular weight is 1840 g/mol. The molecule has 16 fully saturated rings. The first-order chi connectivity index (χ1) is 48.7. The first kappa shape index (κ1) is 82.5. The summed E-state index contributed by atoms with van der Waals surface area (Å²) in [5.74, 6) is -11.2. The number of aliphatic carboxylic acids is 6. The van der Waals surface area contributed by atoms with Gasteiger partial charge in [0.1, 0.15) is 79.8 Å². The summed E-state index contributed by atoms with van der Waals surface area (Å²) in [4.78, 5) is 157. The summed E-state index contributed by atoms with van der Waals surface area (Å²) in [5.41, 5.74) is -2.45. The number of carboxylic acid groups (broad SMARTS) is 6. The van der Waals surface area contributed by atoms with Gasteiger partial charge in [-0.1, -0.05) is 95.6 Å². The van der Waals surface area contributed by atoms with Gasteiger partial charge in [-0.15, -0.1) is 0 Å². The van der Waals surface area contributed by atoms with Crippen LogP contribution in [0.3, 0.4) is 0 Å². The number of carbonyl (C=O) groups excluding carboxylic acids is 14. The quantitative estimate of drug-likeness (QED) is 0.0850. The van der Waals surface area contributed by atoms with Gasteiger partial charge in [-0.2, -0.15) is 0 Å². The van der Waals surface area contributed by atoms with E-state index in [9.17, 15) is 97.8 Å². The maximum atomic E-state index is 12.6. The van der Waals surface area contributed by atoms with Crippen LogP contribution in [-0.4, -0.2) is 176 Å². The number of alkyl halides is 6. The zero-order valence-electron chi connectivity index (χ0n) is 55.9. The maximum Gasteiger partial charge on any atom is 0.317 e. The fraction of sp³-hybridized carbons (Fsp3) is 0.794. The van der Waals surface area contributed by atoms with Crippen molar-refractivity contribution >= 4 is 179 Å². The van der Waals surface area contributed by atoms with Crippen molar-refractivity contribution in [1.82, 2.24) is 0 Å². The highest BCUT2D eigenvalue weighted by Crippen LogP contribution is 2.65. The van der Waals surface area contributed by atoms with Gasteiger partial charge < -0.3 is 102 Å². The standard InChI is InChI=1S/C16H21BrO6.C13H17BrO4.C11H11BrO6.C10H13BrO4.C9H11BrO5.C9H13BrO4/c17-8-13(20)23-16-6-10-3-11(7-16)5-15(4-10,9-16)14(21)22-2-1-12(18)19;14-6-10(15)18-13-4-8-1-9(5-13)3-12(2-8,7-13)11(16)17;12-2-5(13)17-8-3-1-4-7(6(3)10(14)15)11(16)18-9(4)8;11-4-9(12)15-8-3-5-1-6(8)7(2-5)10(13)14;10-3-7(11)15-6-2-4-1-5(9(12)13)8(6)14-4;10-5-8(11)14-7-3-1-2-6(4-7)9(12)13/h10-11H,1-9H2,(H,18,19);8-9H,1-7H2,(H,16,17);3-4,6-9H,1-2H2,(H,14,15);5-8H,1-4H2,(H,13,14);4-6,8H,1-3H2,(H,12,13);6-7H,1-5H2,(H,12,13)/p-6. The predicted molar refractivity (Wildman–Crippen MR) is 356 cm³/mol. The minimum atomic E-state index is -1.26. The van der Waals surface area contributed by atoms with Crippen LogP contribution in [0.4, 0.5) is 0 Å². The molecule has 0 spiro atoms. The SMILES string of the molecule is O=C(CBr)OC12CC3CC(C1)CC(C(=O)[O-])(C3)C2.O=C(CBr)OC1C2CC3C1OC(=O)C3C2C(=O)[O-].O=C(CBr)OC1CC2CC(C(=O)[O-])C1C2.O=C(CBr)OC1CC2CC(C(=O)[O-])C1O2.O=C(CBr)OC1CCCC(C(=O)[O-])C1.O=C([O-])CCOC(=O)C12CC3CC(CC(OC(=O)CBr)(C3)C1)C2. The number of fused-ring (bicyclic) bond motifs is 5. The number of carbonyl (C=O) groups is 14. The van der Waals surface area contributed by atoms with E-state index in [0.717, 1.165) is 77.0 Å². The fourth-order valence-corrected chi connectivity index (χ4v) is 21.2. The first-order valence-electron chi connectivity index (χ1n) is 34.6. The van der Waals surface area contributed by atoms with E-state index in [1.165, 1.54) is 0 Å². The summed E-state index contributed by atoms with van der Waals surface area (Å²) in [6.07, 6.45) is 12.9.